The normalized spacial score (nSPS) is 23.1. The molecule has 324 valence electrons. The van der Waals surface area contributed by atoms with E-state index in [1.807, 2.05) is 12.2 Å². The van der Waals surface area contributed by atoms with Crippen molar-refractivity contribution in [3.8, 4) is 0 Å². The highest BCUT2D eigenvalue weighted by Crippen LogP contribution is 2.47. The van der Waals surface area contributed by atoms with Crippen LogP contribution in [-0.2, 0) is 32.7 Å². The van der Waals surface area contributed by atoms with Gasteiger partial charge < -0.3 is 39.9 Å². The first-order valence-electron chi connectivity index (χ1n) is 21.5. The van der Waals surface area contributed by atoms with Gasteiger partial charge in [-0.15, -0.1) is 0 Å². The van der Waals surface area contributed by atoms with Gasteiger partial charge in [0.2, 0.25) is 0 Å². The van der Waals surface area contributed by atoms with Crippen LogP contribution in [0.1, 0.15) is 181 Å². The van der Waals surface area contributed by atoms with Gasteiger partial charge in [-0.25, -0.2) is 4.57 Å². The summed E-state index contributed by atoms with van der Waals surface area (Å²) in [5.41, 5.74) is 0. The summed E-state index contributed by atoms with van der Waals surface area (Å²) < 4.78 is 33.4. The van der Waals surface area contributed by atoms with E-state index in [4.69, 9.17) is 18.5 Å². The van der Waals surface area contributed by atoms with Crippen molar-refractivity contribution in [3.63, 3.8) is 0 Å². The molecule has 13 nitrogen and oxygen atoms in total. The summed E-state index contributed by atoms with van der Waals surface area (Å²) in [6.45, 7) is 3.25. The average molecular weight is 809 g/mol. The van der Waals surface area contributed by atoms with Crippen molar-refractivity contribution >= 4 is 19.8 Å². The van der Waals surface area contributed by atoms with E-state index in [2.05, 4.69) is 13.8 Å². The fourth-order valence-electron chi connectivity index (χ4n) is 6.60. The lowest BCUT2D eigenvalue weighted by Gasteiger charge is -2.41. The highest BCUT2D eigenvalue weighted by Gasteiger charge is 2.51. The zero-order chi connectivity index (χ0) is 40.7. The third-order valence-corrected chi connectivity index (χ3v) is 11.1. The number of unbranched alkanes of at least 4 members (excludes halogenated alkanes) is 21. The lowest BCUT2D eigenvalue weighted by molar-refractivity contribution is -0.220. The molecule has 0 saturated heterocycles. The summed E-state index contributed by atoms with van der Waals surface area (Å²) in [5, 5.41) is 50.0. The number of hydrogen-bond donors (Lipinski definition) is 6. The van der Waals surface area contributed by atoms with Gasteiger partial charge in [-0.1, -0.05) is 154 Å². The molecule has 0 spiro atoms. The number of carbonyl (C=O) groups excluding carboxylic acids is 2. The first-order chi connectivity index (χ1) is 26.4. The maximum atomic E-state index is 12.8. The summed E-state index contributed by atoms with van der Waals surface area (Å²) in [5.74, 6) is -1.15. The standard InChI is InChI=1S/C41H77O13P/c1-3-5-7-9-11-13-15-16-17-18-20-22-24-26-28-30-35(43)53-33(31-51-34(42)29-27-25-23-21-19-14-12-10-8-6-4-2)32-52-55(49,50)54-41-39(47)37(45)36(44)38(46)40(41)48/h24,26,33,36-41,44-48H,3-23,25,27-32H2,1-2H3,(H,49,50)/b26-24+/t33-,36?,37-,38?,39?,40?,41?/m1/s1. The molecule has 1 aliphatic rings. The molecular weight excluding hydrogens is 731 g/mol. The molecule has 0 bridgehead atoms. The number of phosphoric acid groups is 1. The van der Waals surface area contributed by atoms with E-state index in [0.717, 1.165) is 32.1 Å². The fourth-order valence-corrected chi connectivity index (χ4v) is 7.57. The summed E-state index contributed by atoms with van der Waals surface area (Å²) >= 11 is 0. The number of rotatable bonds is 35. The zero-order valence-electron chi connectivity index (χ0n) is 34.0. The molecule has 6 N–H and O–H groups in total. The Balaban J connectivity index is 2.51. The van der Waals surface area contributed by atoms with E-state index in [-0.39, 0.29) is 12.8 Å². The van der Waals surface area contributed by atoms with Crippen molar-refractivity contribution in [2.75, 3.05) is 13.2 Å². The molecule has 0 aromatic heterocycles. The number of carbonyl (C=O) groups is 2. The Bertz CT molecular complexity index is 1030. The topological polar surface area (TPSA) is 210 Å². The highest BCUT2D eigenvalue weighted by atomic mass is 31.2. The fraction of sp³-hybridized carbons (Fsp3) is 0.902. The molecule has 0 radical (unpaired) electrons. The minimum absolute atomic E-state index is 0.0176. The molecule has 6 unspecified atom stereocenters. The minimum atomic E-state index is -5.11. The number of aliphatic hydroxyl groups excluding tert-OH is 5. The van der Waals surface area contributed by atoms with Gasteiger partial charge in [-0.05, 0) is 25.7 Å². The van der Waals surface area contributed by atoms with Crippen molar-refractivity contribution in [2.45, 2.75) is 224 Å². The monoisotopic (exact) mass is 809 g/mol. The van der Waals surface area contributed by atoms with Crippen molar-refractivity contribution in [1.29, 1.82) is 0 Å². The van der Waals surface area contributed by atoms with Crippen molar-refractivity contribution in [1.82, 2.24) is 0 Å². The maximum absolute atomic E-state index is 12.8. The Kier molecular flexibility index (Phi) is 30.5. The van der Waals surface area contributed by atoms with Crippen LogP contribution in [0.15, 0.2) is 12.2 Å². The molecule has 0 aliphatic heterocycles. The van der Waals surface area contributed by atoms with Gasteiger partial charge in [0.25, 0.3) is 0 Å². The molecule has 0 aromatic rings. The van der Waals surface area contributed by atoms with Crippen LogP contribution in [0, 0.1) is 0 Å². The van der Waals surface area contributed by atoms with Gasteiger partial charge in [-0.2, -0.15) is 0 Å². The van der Waals surface area contributed by atoms with Crippen LogP contribution in [0.4, 0.5) is 0 Å². The number of aliphatic hydroxyl groups is 5. The van der Waals surface area contributed by atoms with Crippen LogP contribution >= 0.6 is 7.82 Å². The second-order valence-corrected chi connectivity index (χ2v) is 16.6. The van der Waals surface area contributed by atoms with Crippen LogP contribution in [0.2, 0.25) is 0 Å². The van der Waals surface area contributed by atoms with E-state index >= 15 is 0 Å². The molecule has 1 rings (SSSR count). The quantitative estimate of drug-likeness (QED) is 0.0159. The Morgan fingerprint density at radius 1 is 0.545 bits per heavy atom. The van der Waals surface area contributed by atoms with E-state index in [9.17, 15) is 44.6 Å². The van der Waals surface area contributed by atoms with Gasteiger partial charge in [0.05, 0.1) is 6.61 Å². The molecular formula is C41H77O13P. The van der Waals surface area contributed by atoms with Crippen LogP contribution in [0.5, 0.6) is 0 Å². The second kappa shape index (κ2) is 32.5. The molecule has 8 atom stereocenters. The molecule has 55 heavy (non-hydrogen) atoms. The summed E-state index contributed by atoms with van der Waals surface area (Å²) in [6.07, 6.45) is 18.7. The second-order valence-electron chi connectivity index (χ2n) is 15.2. The Labute approximate surface area is 331 Å². The van der Waals surface area contributed by atoms with Crippen LogP contribution < -0.4 is 0 Å². The van der Waals surface area contributed by atoms with Gasteiger partial charge in [-0.3, -0.25) is 18.6 Å². The third-order valence-electron chi connectivity index (χ3n) is 10.1. The Hall–Kier alpha value is -1.41. The van der Waals surface area contributed by atoms with E-state index in [1.54, 1.807) is 0 Å². The first-order valence-corrected chi connectivity index (χ1v) is 23.0. The number of allylic oxidation sites excluding steroid dienone is 2. The van der Waals surface area contributed by atoms with Crippen LogP contribution in [-0.4, -0.2) is 98.3 Å². The predicted molar refractivity (Wildman–Crippen MR) is 212 cm³/mol. The molecule has 0 heterocycles. The third kappa shape index (κ3) is 25.5. The SMILES string of the molecule is CCCCCCCCCCCCC/C=C/CCC(=O)O[C@H](COC(=O)CCCCCCCCCCCCC)COP(=O)(O)OC1C(O)C(O)C(O)[C@@H](O)C1O. The summed E-state index contributed by atoms with van der Waals surface area (Å²) in [4.78, 5) is 35.5. The van der Waals surface area contributed by atoms with Gasteiger partial charge in [0.15, 0.2) is 6.10 Å². The van der Waals surface area contributed by atoms with Gasteiger partial charge >= 0.3 is 19.8 Å². The Morgan fingerprint density at radius 2 is 0.964 bits per heavy atom. The van der Waals surface area contributed by atoms with Crippen molar-refractivity contribution in [2.24, 2.45) is 0 Å². The average Bonchev–Trinajstić information content (AvgIpc) is 3.16. The first kappa shape index (κ1) is 51.6. The lowest BCUT2D eigenvalue weighted by Crippen LogP contribution is -2.64. The van der Waals surface area contributed by atoms with E-state index < -0.39 is 75.7 Å². The molecule has 14 heteroatoms. The van der Waals surface area contributed by atoms with Crippen molar-refractivity contribution in [3.05, 3.63) is 12.2 Å². The maximum Gasteiger partial charge on any atom is 0.472 e. The minimum Gasteiger partial charge on any atom is -0.462 e. The summed E-state index contributed by atoms with van der Waals surface area (Å²) in [7, 11) is -5.11. The zero-order valence-corrected chi connectivity index (χ0v) is 34.9. The van der Waals surface area contributed by atoms with Gasteiger partial charge in [0, 0.05) is 12.8 Å². The highest BCUT2D eigenvalue weighted by molar-refractivity contribution is 7.47. The van der Waals surface area contributed by atoms with E-state index in [1.165, 1.54) is 109 Å². The molecule has 1 aliphatic carbocycles. The van der Waals surface area contributed by atoms with Crippen LogP contribution in [0.3, 0.4) is 0 Å². The molecule has 0 aromatic carbocycles. The van der Waals surface area contributed by atoms with Gasteiger partial charge in [0.1, 0.15) is 43.2 Å². The molecule has 0 amide bonds. The number of esters is 2. The van der Waals surface area contributed by atoms with Crippen molar-refractivity contribution < 1.29 is 63.1 Å². The largest absolute Gasteiger partial charge is 0.472 e. The van der Waals surface area contributed by atoms with E-state index in [0.29, 0.717) is 12.8 Å². The number of hydrogen-bond acceptors (Lipinski definition) is 12. The molecule has 1 saturated carbocycles. The lowest BCUT2D eigenvalue weighted by atomic mass is 9.85. The summed E-state index contributed by atoms with van der Waals surface area (Å²) in [6, 6.07) is 0. The predicted octanol–water partition coefficient (Wildman–Crippen LogP) is 7.50. The molecule has 1 fully saturated rings. The number of phosphoric ester groups is 1. The number of ether oxygens (including phenoxy) is 2. The Morgan fingerprint density at radius 3 is 1.45 bits per heavy atom. The van der Waals surface area contributed by atoms with Crippen LogP contribution in [0.25, 0.3) is 0 Å². The smallest absolute Gasteiger partial charge is 0.462 e.